The highest BCUT2D eigenvalue weighted by atomic mass is 16.6. The largest absolute Gasteiger partial charge is 0.493 e. The average molecular weight is 719 g/mol. The number of aliphatic hydroxyl groups excluding tert-OH is 1. The predicted molar refractivity (Wildman–Crippen MR) is 165 cm³/mol. The summed E-state index contributed by atoms with van der Waals surface area (Å²) in [7, 11) is 1.48. The van der Waals surface area contributed by atoms with E-state index in [9.17, 15) is 43.8 Å². The van der Waals surface area contributed by atoms with Gasteiger partial charge >= 0.3 is 35.8 Å². The number of esters is 3. The van der Waals surface area contributed by atoms with Crippen LogP contribution in [0, 0.1) is 11.8 Å². The quantitative estimate of drug-likeness (QED) is 0.117. The number of aliphatic hydroxyl groups is 2. The van der Waals surface area contributed by atoms with Gasteiger partial charge < -0.3 is 49.2 Å². The predicted octanol–water partition coefficient (Wildman–Crippen LogP) is 0.816. The first kappa shape index (κ1) is 37.2. The number of hydrogen-bond acceptors (Lipinski definition) is 14. The maximum atomic E-state index is 13.5. The van der Waals surface area contributed by atoms with Crippen molar-refractivity contribution < 1.29 is 82.8 Å². The molecule has 1 fully saturated rings. The summed E-state index contributed by atoms with van der Waals surface area (Å²) in [6.07, 6.45) is -6.29. The molecule has 0 unspecified atom stereocenters. The number of ketones is 1. The highest BCUT2D eigenvalue weighted by Crippen LogP contribution is 2.67. The molecule has 17 heteroatoms. The van der Waals surface area contributed by atoms with E-state index >= 15 is 0 Å². The van der Waals surface area contributed by atoms with Gasteiger partial charge in [-0.1, -0.05) is 12.5 Å². The maximum Gasteiger partial charge on any atom is 0.348 e. The van der Waals surface area contributed by atoms with Gasteiger partial charge in [-0.25, -0.2) is 14.4 Å². The first-order chi connectivity index (χ1) is 24.0. The van der Waals surface area contributed by atoms with Crippen LogP contribution in [0.25, 0.3) is 0 Å². The number of carboxylic acids is 3. The molecule has 3 aliphatic carbocycles. The first-order valence-corrected chi connectivity index (χ1v) is 16.3. The second kappa shape index (κ2) is 14.3. The Balaban J connectivity index is 1.35. The van der Waals surface area contributed by atoms with Crippen molar-refractivity contribution in [1.82, 2.24) is 0 Å². The van der Waals surface area contributed by atoms with Crippen LogP contribution in [0.3, 0.4) is 0 Å². The number of carboxylic acid groups (broad SMARTS) is 3. The fourth-order valence-electron chi connectivity index (χ4n) is 7.85. The second-order valence-corrected chi connectivity index (χ2v) is 13.2. The topological polar surface area (TPSA) is 267 Å². The van der Waals surface area contributed by atoms with E-state index in [1.54, 1.807) is 12.1 Å². The molecule has 51 heavy (non-hydrogen) atoms. The SMILES string of the molecule is COc1ccc2c3c1O[C@@H]1C(OC(=O)C[C@H](CC(=O)C[C@H](O)C(=O)O)C(=O)O[C@@H](C)C(=O)O[C@@H](CC(=O)O)C(=O)O)=CC[C@]4(O)[C@@H](CCC[C@@]314)C2. The van der Waals surface area contributed by atoms with Crippen LogP contribution >= 0.6 is 0 Å². The third-order valence-corrected chi connectivity index (χ3v) is 10.1. The first-order valence-electron chi connectivity index (χ1n) is 16.3. The molecule has 1 aromatic carbocycles. The zero-order valence-corrected chi connectivity index (χ0v) is 27.7. The fourth-order valence-corrected chi connectivity index (χ4v) is 7.85. The van der Waals surface area contributed by atoms with Crippen LogP contribution in [-0.2, 0) is 59.6 Å². The lowest BCUT2D eigenvalue weighted by molar-refractivity contribution is -0.179. The zero-order chi connectivity index (χ0) is 37.4. The highest BCUT2D eigenvalue weighted by Gasteiger charge is 2.71. The van der Waals surface area contributed by atoms with Crippen LogP contribution in [0.4, 0.5) is 0 Å². The van der Waals surface area contributed by atoms with E-state index in [0.717, 1.165) is 30.9 Å². The highest BCUT2D eigenvalue weighted by molar-refractivity contribution is 5.91. The van der Waals surface area contributed by atoms with Gasteiger partial charge in [-0.2, -0.15) is 0 Å². The molecule has 0 radical (unpaired) electrons. The van der Waals surface area contributed by atoms with Crippen LogP contribution in [0.1, 0.15) is 69.4 Å². The molecule has 0 saturated heterocycles. The number of carbonyl (C=O) groups excluding carboxylic acids is 4. The average Bonchev–Trinajstić information content (AvgIpc) is 3.40. The molecule has 5 N–H and O–H groups in total. The molecule has 1 spiro atoms. The molecule has 1 aromatic rings. The third kappa shape index (κ3) is 6.87. The molecular formula is C34H38O17. The number of methoxy groups -OCH3 is 1. The number of ether oxygens (including phenoxy) is 5. The van der Waals surface area contributed by atoms with E-state index < -0.39 is 109 Å². The van der Waals surface area contributed by atoms with Crippen molar-refractivity contribution in [2.75, 3.05) is 7.11 Å². The minimum absolute atomic E-state index is 0.0614. The molecule has 1 saturated carbocycles. The monoisotopic (exact) mass is 718 g/mol. The Morgan fingerprint density at radius 3 is 2.33 bits per heavy atom. The smallest absolute Gasteiger partial charge is 0.348 e. The van der Waals surface area contributed by atoms with Gasteiger partial charge in [0.2, 0.25) is 6.10 Å². The number of rotatable bonds is 16. The molecule has 5 rings (SSSR count). The summed E-state index contributed by atoms with van der Waals surface area (Å²) in [5.41, 5.74) is -0.395. The Labute approximate surface area is 290 Å². The van der Waals surface area contributed by atoms with E-state index in [-0.39, 0.29) is 18.1 Å². The number of aliphatic carboxylic acids is 3. The van der Waals surface area contributed by atoms with Crippen molar-refractivity contribution in [3.8, 4) is 11.5 Å². The summed E-state index contributed by atoms with van der Waals surface area (Å²) < 4.78 is 27.5. The van der Waals surface area contributed by atoms with E-state index in [1.807, 2.05) is 6.07 Å². The Morgan fingerprint density at radius 2 is 1.69 bits per heavy atom. The van der Waals surface area contributed by atoms with E-state index in [2.05, 4.69) is 4.74 Å². The van der Waals surface area contributed by atoms with Crippen molar-refractivity contribution in [2.45, 2.75) is 100 Å². The van der Waals surface area contributed by atoms with Gasteiger partial charge in [-0.05, 0) is 56.2 Å². The van der Waals surface area contributed by atoms with Crippen LogP contribution in [0.15, 0.2) is 24.0 Å². The van der Waals surface area contributed by atoms with Crippen LogP contribution in [0.2, 0.25) is 0 Å². The second-order valence-electron chi connectivity index (χ2n) is 13.2. The number of Topliss-reactive ketones (excluding diaryl/α,β-unsaturated/α-hetero) is 1. The van der Waals surface area contributed by atoms with Crippen LogP contribution in [-0.4, -0.2) is 104 Å². The van der Waals surface area contributed by atoms with Gasteiger partial charge in [0.15, 0.2) is 29.8 Å². The van der Waals surface area contributed by atoms with E-state index in [4.69, 9.17) is 34.3 Å². The molecule has 0 amide bonds. The summed E-state index contributed by atoms with van der Waals surface area (Å²) in [6, 6.07) is 3.71. The molecule has 17 nitrogen and oxygen atoms in total. The minimum atomic E-state index is -2.11. The molecule has 2 bridgehead atoms. The molecule has 0 aromatic heterocycles. The van der Waals surface area contributed by atoms with Gasteiger partial charge in [0.1, 0.15) is 11.5 Å². The zero-order valence-electron chi connectivity index (χ0n) is 27.7. The summed E-state index contributed by atoms with van der Waals surface area (Å²) in [5.74, 6) is -10.7. The van der Waals surface area contributed by atoms with Crippen molar-refractivity contribution in [3.63, 3.8) is 0 Å². The molecule has 1 heterocycles. The third-order valence-electron chi connectivity index (χ3n) is 10.1. The Hall–Kier alpha value is -5.03. The molecule has 4 aliphatic rings. The summed E-state index contributed by atoms with van der Waals surface area (Å²) in [4.78, 5) is 85.3. The standard InChI is InChI=1S/C34H38O17/c1-15(31(44)50-23(30(42)43)14-24(37)38)48-32(45)17(11-19(35)13-20(36)29(40)41)12-25(39)49-22-7-9-34(46)18-4-3-8-33(34)26-16(10-18)5-6-21(47-2)27(26)51-28(22)33/h5-7,15,17-18,20,23,28,36,46H,3-4,8-14H2,1-2H3,(H,37,38)(H,40,41)(H,42,43)/t15-,17-,18-,20-,23-,28+,33+,34-/m0/s1. The number of hydrogen-bond donors (Lipinski definition) is 5. The van der Waals surface area contributed by atoms with Crippen molar-refractivity contribution in [1.29, 1.82) is 0 Å². The summed E-state index contributed by atoms with van der Waals surface area (Å²) in [5, 5.41) is 49.0. The Kier molecular flexibility index (Phi) is 10.4. The van der Waals surface area contributed by atoms with Crippen molar-refractivity contribution in [3.05, 3.63) is 35.1 Å². The lowest BCUT2D eigenvalue weighted by Crippen LogP contribution is -2.67. The minimum Gasteiger partial charge on any atom is -0.493 e. The van der Waals surface area contributed by atoms with Gasteiger partial charge in [0, 0.05) is 18.4 Å². The lowest BCUT2D eigenvalue weighted by atomic mass is 9.47. The van der Waals surface area contributed by atoms with Gasteiger partial charge in [-0.15, -0.1) is 0 Å². The lowest BCUT2D eigenvalue weighted by Gasteiger charge is -2.59. The number of carbonyl (C=O) groups is 7. The van der Waals surface area contributed by atoms with E-state index in [1.165, 1.54) is 7.11 Å². The maximum absolute atomic E-state index is 13.5. The van der Waals surface area contributed by atoms with Crippen LogP contribution in [0.5, 0.6) is 11.5 Å². The van der Waals surface area contributed by atoms with E-state index in [0.29, 0.717) is 24.3 Å². The van der Waals surface area contributed by atoms with Gasteiger partial charge in [-0.3, -0.25) is 19.2 Å². The Bertz CT molecular complexity index is 1680. The van der Waals surface area contributed by atoms with Crippen LogP contribution < -0.4 is 9.47 Å². The van der Waals surface area contributed by atoms with Crippen molar-refractivity contribution >= 4 is 41.6 Å². The normalized spacial score (nSPS) is 26.1. The van der Waals surface area contributed by atoms with Gasteiger partial charge in [0.05, 0.1) is 36.9 Å². The van der Waals surface area contributed by atoms with Gasteiger partial charge in [0.25, 0.3) is 0 Å². The Morgan fingerprint density at radius 1 is 0.961 bits per heavy atom. The van der Waals surface area contributed by atoms with Crippen molar-refractivity contribution in [2.24, 2.45) is 11.8 Å². The summed E-state index contributed by atoms with van der Waals surface area (Å²) in [6.45, 7) is 0.984. The molecular weight excluding hydrogens is 680 g/mol. The molecule has 1 aliphatic heterocycles. The molecule has 8 atom stereocenters. The fraction of sp³-hybridized carbons (Fsp3) is 0.559. The summed E-state index contributed by atoms with van der Waals surface area (Å²) >= 11 is 0. The molecule has 276 valence electrons. The number of benzene rings is 1.